The first kappa shape index (κ1) is 14.9. The van der Waals surface area contributed by atoms with Gasteiger partial charge in [0.15, 0.2) is 0 Å². The number of ether oxygens (including phenoxy) is 2. The van der Waals surface area contributed by atoms with Crippen LogP contribution in [0.25, 0.3) is 6.08 Å². The number of rotatable bonds is 8. The van der Waals surface area contributed by atoms with E-state index in [1.54, 1.807) is 12.2 Å². The molecule has 3 nitrogen and oxygen atoms in total. The predicted molar refractivity (Wildman–Crippen MR) is 76.6 cm³/mol. The molecule has 0 unspecified atom stereocenters. The highest BCUT2D eigenvalue weighted by atomic mass is 16.5. The lowest BCUT2D eigenvalue weighted by Gasteiger charge is -2.05. The van der Waals surface area contributed by atoms with Gasteiger partial charge in [0.05, 0.1) is 18.8 Å². The average Bonchev–Trinajstić information content (AvgIpc) is 2.44. The molecule has 100 valence electrons. The molecular formula is C16H18O3. The molecule has 1 aromatic carbocycles. The third-order valence-electron chi connectivity index (χ3n) is 2.22. The minimum absolute atomic E-state index is 0.160. The first-order valence-corrected chi connectivity index (χ1v) is 5.99. The molecule has 0 aliphatic rings. The molecule has 0 saturated carbocycles. The summed E-state index contributed by atoms with van der Waals surface area (Å²) in [5.74, 6) is -0.443. The van der Waals surface area contributed by atoms with Crippen molar-refractivity contribution in [3.63, 3.8) is 0 Å². The fourth-order valence-corrected chi connectivity index (χ4v) is 1.30. The molecule has 1 rings (SSSR count). The minimum atomic E-state index is -0.443. The molecule has 0 heterocycles. The van der Waals surface area contributed by atoms with E-state index < -0.39 is 5.97 Å². The highest BCUT2D eigenvalue weighted by Crippen LogP contribution is 2.01. The third-order valence-corrected chi connectivity index (χ3v) is 2.22. The molecule has 0 aliphatic heterocycles. The second-order valence-electron chi connectivity index (χ2n) is 3.82. The fraction of sp³-hybridized carbons (Fsp3) is 0.188. The maximum atomic E-state index is 11.5. The first-order chi connectivity index (χ1) is 9.24. The van der Waals surface area contributed by atoms with Crippen LogP contribution in [0.2, 0.25) is 0 Å². The van der Waals surface area contributed by atoms with E-state index in [4.69, 9.17) is 9.47 Å². The predicted octanol–water partition coefficient (Wildman–Crippen LogP) is 3.00. The Morgan fingerprint density at radius 1 is 1.21 bits per heavy atom. The summed E-state index contributed by atoms with van der Waals surface area (Å²) in [6.07, 6.45) is 5.29. The Morgan fingerprint density at radius 3 is 2.63 bits per heavy atom. The standard InChI is InChI=1S/C16H18O3/c1-3-11-18-13-14(2)16(17)19-12-7-10-15-8-5-4-6-9-15/h3-10H,1-2,11-13H2. The van der Waals surface area contributed by atoms with Crippen LogP contribution in [0, 0.1) is 0 Å². The number of carbonyl (C=O) groups is 1. The fourth-order valence-electron chi connectivity index (χ4n) is 1.30. The SMILES string of the molecule is C=CCOCC(=C)C(=O)OCC=Cc1ccccc1. The molecule has 1 aromatic rings. The second kappa shape index (κ2) is 8.89. The van der Waals surface area contributed by atoms with Crippen molar-refractivity contribution in [3.05, 3.63) is 66.8 Å². The molecule has 0 atom stereocenters. The molecule has 0 aliphatic carbocycles. The van der Waals surface area contributed by atoms with Crippen LogP contribution in [0.4, 0.5) is 0 Å². The summed E-state index contributed by atoms with van der Waals surface area (Å²) in [7, 11) is 0. The topological polar surface area (TPSA) is 35.5 Å². The Balaban J connectivity index is 2.25. The van der Waals surface area contributed by atoms with Crippen LogP contribution in [-0.4, -0.2) is 25.8 Å². The van der Waals surface area contributed by atoms with Crippen molar-refractivity contribution in [3.8, 4) is 0 Å². The van der Waals surface area contributed by atoms with Crippen molar-refractivity contribution < 1.29 is 14.3 Å². The second-order valence-corrected chi connectivity index (χ2v) is 3.82. The molecule has 19 heavy (non-hydrogen) atoms. The van der Waals surface area contributed by atoms with Gasteiger partial charge in [0.1, 0.15) is 6.61 Å². The van der Waals surface area contributed by atoms with Gasteiger partial charge < -0.3 is 9.47 Å². The van der Waals surface area contributed by atoms with E-state index in [9.17, 15) is 4.79 Å². The number of carbonyl (C=O) groups excluding carboxylic acids is 1. The molecule has 0 N–H and O–H groups in total. The van der Waals surface area contributed by atoms with Gasteiger partial charge in [-0.25, -0.2) is 4.79 Å². The summed E-state index contributed by atoms with van der Waals surface area (Å²) in [4.78, 5) is 11.5. The largest absolute Gasteiger partial charge is 0.458 e. The molecule has 3 heteroatoms. The zero-order chi connectivity index (χ0) is 13.9. The van der Waals surface area contributed by atoms with Crippen LogP contribution >= 0.6 is 0 Å². The Labute approximate surface area is 113 Å². The number of esters is 1. The van der Waals surface area contributed by atoms with Gasteiger partial charge >= 0.3 is 5.97 Å². The lowest BCUT2D eigenvalue weighted by molar-refractivity contribution is -0.138. The molecule has 0 amide bonds. The van der Waals surface area contributed by atoms with E-state index in [2.05, 4.69) is 13.2 Å². The Morgan fingerprint density at radius 2 is 1.95 bits per heavy atom. The summed E-state index contributed by atoms with van der Waals surface area (Å²) in [5, 5.41) is 0. The number of benzene rings is 1. The monoisotopic (exact) mass is 258 g/mol. The van der Waals surface area contributed by atoms with Gasteiger partial charge in [-0.3, -0.25) is 0 Å². The van der Waals surface area contributed by atoms with Crippen molar-refractivity contribution in [1.29, 1.82) is 0 Å². The Bertz CT molecular complexity index is 446. The average molecular weight is 258 g/mol. The van der Waals surface area contributed by atoms with E-state index in [0.717, 1.165) is 5.56 Å². The summed E-state index contributed by atoms with van der Waals surface area (Å²) in [6, 6.07) is 9.79. The maximum Gasteiger partial charge on any atom is 0.336 e. The molecule has 0 fully saturated rings. The lowest BCUT2D eigenvalue weighted by Crippen LogP contribution is -2.12. The van der Waals surface area contributed by atoms with Crippen LogP contribution < -0.4 is 0 Å². The van der Waals surface area contributed by atoms with Crippen LogP contribution in [0.3, 0.4) is 0 Å². The van der Waals surface area contributed by atoms with Crippen molar-refractivity contribution in [2.75, 3.05) is 19.8 Å². The zero-order valence-corrected chi connectivity index (χ0v) is 10.9. The summed E-state index contributed by atoms with van der Waals surface area (Å²) < 4.78 is 10.1. The van der Waals surface area contributed by atoms with Crippen LogP contribution in [0.5, 0.6) is 0 Å². The van der Waals surface area contributed by atoms with Gasteiger partial charge in [-0.1, -0.05) is 49.1 Å². The smallest absolute Gasteiger partial charge is 0.336 e. The Kier molecular flexibility index (Phi) is 6.98. The van der Waals surface area contributed by atoms with Gasteiger partial charge in [-0.05, 0) is 11.6 Å². The highest BCUT2D eigenvalue weighted by Gasteiger charge is 2.06. The molecule has 0 spiro atoms. The Hall–Kier alpha value is -2.13. The third kappa shape index (κ3) is 6.38. The van der Waals surface area contributed by atoms with Gasteiger partial charge in [-0.2, -0.15) is 0 Å². The van der Waals surface area contributed by atoms with E-state index in [0.29, 0.717) is 12.2 Å². The van der Waals surface area contributed by atoms with E-state index in [-0.39, 0.29) is 13.2 Å². The minimum Gasteiger partial charge on any atom is -0.458 e. The maximum absolute atomic E-state index is 11.5. The molecule has 0 aromatic heterocycles. The molecule has 0 radical (unpaired) electrons. The quantitative estimate of drug-likeness (QED) is 0.311. The van der Waals surface area contributed by atoms with Crippen molar-refractivity contribution >= 4 is 12.0 Å². The summed E-state index contributed by atoms with van der Waals surface area (Å²) in [6.45, 7) is 7.88. The molecule has 0 saturated heterocycles. The lowest BCUT2D eigenvalue weighted by atomic mass is 10.2. The number of hydrogen-bond acceptors (Lipinski definition) is 3. The van der Waals surface area contributed by atoms with Crippen LogP contribution in [0.1, 0.15) is 5.56 Å². The van der Waals surface area contributed by atoms with E-state index >= 15 is 0 Å². The molecule has 0 bridgehead atoms. The van der Waals surface area contributed by atoms with E-state index in [1.807, 2.05) is 36.4 Å². The van der Waals surface area contributed by atoms with Crippen LogP contribution in [-0.2, 0) is 14.3 Å². The van der Waals surface area contributed by atoms with Gasteiger partial charge in [0.25, 0.3) is 0 Å². The summed E-state index contributed by atoms with van der Waals surface area (Å²) in [5.41, 5.74) is 1.36. The van der Waals surface area contributed by atoms with Gasteiger partial charge in [0.2, 0.25) is 0 Å². The highest BCUT2D eigenvalue weighted by molar-refractivity contribution is 5.88. The zero-order valence-electron chi connectivity index (χ0n) is 10.9. The van der Waals surface area contributed by atoms with Gasteiger partial charge in [-0.15, -0.1) is 6.58 Å². The summed E-state index contributed by atoms with van der Waals surface area (Å²) >= 11 is 0. The van der Waals surface area contributed by atoms with Gasteiger partial charge in [0, 0.05) is 0 Å². The normalized spacial score (nSPS) is 10.3. The number of hydrogen-bond donors (Lipinski definition) is 0. The molecular weight excluding hydrogens is 240 g/mol. The van der Waals surface area contributed by atoms with Crippen LogP contribution in [0.15, 0.2) is 61.2 Å². The first-order valence-electron chi connectivity index (χ1n) is 5.99. The van der Waals surface area contributed by atoms with Crippen molar-refractivity contribution in [1.82, 2.24) is 0 Å². The van der Waals surface area contributed by atoms with Crippen molar-refractivity contribution in [2.24, 2.45) is 0 Å². The van der Waals surface area contributed by atoms with Crippen molar-refractivity contribution in [2.45, 2.75) is 0 Å². The van der Waals surface area contributed by atoms with E-state index in [1.165, 1.54) is 0 Å².